The largest absolute Gasteiger partial charge is 0.294 e. The van der Waals surface area contributed by atoms with Crippen LogP contribution in [0.15, 0.2) is 29.2 Å². The van der Waals surface area contributed by atoms with Crippen LogP contribution < -0.4 is 5.56 Å². The Morgan fingerprint density at radius 2 is 2.05 bits per heavy atom. The molecule has 0 N–H and O–H groups in total. The van der Waals surface area contributed by atoms with E-state index < -0.39 is 0 Å². The van der Waals surface area contributed by atoms with Crippen LogP contribution in [0.5, 0.6) is 0 Å². The quantitative estimate of drug-likeness (QED) is 0.680. The Morgan fingerprint density at radius 1 is 1.27 bits per heavy atom. The third-order valence-corrected chi connectivity index (χ3v) is 3.69. The highest BCUT2D eigenvalue weighted by Crippen LogP contribution is 2.20. The summed E-state index contributed by atoms with van der Waals surface area (Å²) in [5.74, 6) is 2.46. The zero-order valence-corrected chi connectivity index (χ0v) is 12.8. The van der Waals surface area contributed by atoms with Crippen molar-refractivity contribution in [2.24, 2.45) is 0 Å². The third kappa shape index (κ3) is 2.09. The molecule has 1 aromatic carbocycles. The number of fused-ring (bicyclic) bond motifs is 1. The van der Waals surface area contributed by atoms with Crippen LogP contribution in [0, 0.1) is 33.1 Å². The van der Waals surface area contributed by atoms with E-state index in [-0.39, 0.29) is 12.1 Å². The van der Waals surface area contributed by atoms with E-state index in [4.69, 9.17) is 6.42 Å². The average molecular weight is 292 g/mol. The predicted molar refractivity (Wildman–Crippen MR) is 86.2 cm³/mol. The van der Waals surface area contributed by atoms with E-state index in [0.717, 1.165) is 22.3 Å². The maximum Gasteiger partial charge on any atom is 0.294 e. The van der Waals surface area contributed by atoms with Crippen molar-refractivity contribution < 1.29 is 0 Å². The first-order valence-electron chi connectivity index (χ1n) is 6.99. The second-order valence-corrected chi connectivity index (χ2v) is 5.36. The Kier molecular flexibility index (Phi) is 3.30. The van der Waals surface area contributed by atoms with Crippen molar-refractivity contribution in [1.29, 1.82) is 0 Å². The monoisotopic (exact) mass is 292 g/mol. The molecule has 0 saturated heterocycles. The van der Waals surface area contributed by atoms with Gasteiger partial charge in [0.05, 0.1) is 17.6 Å². The number of nitrogens with zero attached hydrogens (tertiary/aromatic N) is 4. The van der Waals surface area contributed by atoms with Crippen molar-refractivity contribution in [2.75, 3.05) is 0 Å². The molecular weight excluding hydrogens is 276 g/mol. The fourth-order valence-electron chi connectivity index (χ4n) is 2.64. The average Bonchev–Trinajstić information content (AvgIpc) is 2.90. The van der Waals surface area contributed by atoms with Crippen molar-refractivity contribution >= 4 is 10.9 Å². The molecule has 0 fully saturated rings. The van der Waals surface area contributed by atoms with Crippen LogP contribution >= 0.6 is 0 Å². The third-order valence-electron chi connectivity index (χ3n) is 3.69. The minimum atomic E-state index is -0.226. The van der Waals surface area contributed by atoms with Crippen LogP contribution in [-0.2, 0) is 6.54 Å². The second kappa shape index (κ2) is 5.15. The molecule has 0 aliphatic rings. The van der Waals surface area contributed by atoms with Gasteiger partial charge in [0.1, 0.15) is 12.1 Å². The van der Waals surface area contributed by atoms with Crippen LogP contribution in [0.25, 0.3) is 16.6 Å². The molecule has 0 aliphatic heterocycles. The van der Waals surface area contributed by atoms with E-state index in [1.54, 1.807) is 10.9 Å². The zero-order chi connectivity index (χ0) is 15.9. The van der Waals surface area contributed by atoms with Crippen LogP contribution in [0.1, 0.15) is 16.8 Å². The molecule has 0 amide bonds. The first kappa shape index (κ1) is 14.1. The van der Waals surface area contributed by atoms with Crippen LogP contribution in [-0.4, -0.2) is 19.6 Å². The smallest absolute Gasteiger partial charge is 0.265 e. The molecule has 0 bridgehead atoms. The summed E-state index contributed by atoms with van der Waals surface area (Å²) in [6.45, 7) is 6.03. The molecule has 0 atom stereocenters. The van der Waals surface area contributed by atoms with Crippen molar-refractivity contribution in [3.05, 3.63) is 51.6 Å². The van der Waals surface area contributed by atoms with Gasteiger partial charge in [0.15, 0.2) is 0 Å². The van der Waals surface area contributed by atoms with Gasteiger partial charge in [-0.05, 0) is 32.4 Å². The van der Waals surface area contributed by atoms with Crippen molar-refractivity contribution in [1.82, 2.24) is 19.6 Å². The lowest BCUT2D eigenvalue weighted by Crippen LogP contribution is -2.25. The molecule has 0 unspecified atom stereocenters. The van der Waals surface area contributed by atoms with E-state index in [1.807, 2.05) is 32.9 Å². The van der Waals surface area contributed by atoms with Crippen molar-refractivity contribution in [3.8, 4) is 18.0 Å². The van der Waals surface area contributed by atoms with Gasteiger partial charge in [0.2, 0.25) is 0 Å². The first-order valence-corrected chi connectivity index (χ1v) is 6.99. The molecule has 3 aromatic rings. The molecule has 0 spiro atoms. The maximum atomic E-state index is 12.6. The second-order valence-electron chi connectivity index (χ2n) is 5.36. The number of terminal acetylenes is 1. The van der Waals surface area contributed by atoms with Crippen LogP contribution in [0.3, 0.4) is 0 Å². The lowest BCUT2D eigenvalue weighted by atomic mass is 10.1. The highest BCUT2D eigenvalue weighted by atomic mass is 16.1. The van der Waals surface area contributed by atoms with Crippen molar-refractivity contribution in [3.63, 3.8) is 0 Å². The number of aryl methyl sites for hydroxylation is 3. The van der Waals surface area contributed by atoms with E-state index in [9.17, 15) is 4.79 Å². The van der Waals surface area contributed by atoms with Gasteiger partial charge in [0, 0.05) is 5.39 Å². The minimum Gasteiger partial charge on any atom is -0.265 e. The molecule has 5 heteroatoms. The van der Waals surface area contributed by atoms with E-state index in [2.05, 4.69) is 22.2 Å². The fraction of sp³-hybridized carbons (Fsp3) is 0.235. The van der Waals surface area contributed by atoms with Gasteiger partial charge >= 0.3 is 0 Å². The summed E-state index contributed by atoms with van der Waals surface area (Å²) in [7, 11) is 0. The normalized spacial score (nSPS) is 10.8. The number of hydrogen-bond donors (Lipinski definition) is 0. The lowest BCUT2D eigenvalue weighted by molar-refractivity contribution is 0.657. The molecule has 0 saturated carbocycles. The van der Waals surface area contributed by atoms with E-state index in [1.165, 1.54) is 10.2 Å². The van der Waals surface area contributed by atoms with Crippen LogP contribution in [0.2, 0.25) is 0 Å². The van der Waals surface area contributed by atoms with Gasteiger partial charge in [-0.25, -0.2) is 9.36 Å². The Bertz CT molecular complexity index is 973. The Morgan fingerprint density at radius 3 is 2.73 bits per heavy atom. The zero-order valence-electron chi connectivity index (χ0n) is 12.8. The summed E-state index contributed by atoms with van der Waals surface area (Å²) in [6, 6.07) is 6.04. The van der Waals surface area contributed by atoms with Gasteiger partial charge in [-0.3, -0.25) is 4.79 Å². The summed E-state index contributed by atoms with van der Waals surface area (Å²) in [5, 5.41) is 9.38. The summed E-state index contributed by atoms with van der Waals surface area (Å²) in [4.78, 5) is 12.6. The summed E-state index contributed by atoms with van der Waals surface area (Å²) < 4.78 is 2.98. The van der Waals surface area contributed by atoms with Gasteiger partial charge in [-0.15, -0.1) is 6.42 Å². The highest BCUT2D eigenvalue weighted by Gasteiger charge is 2.15. The predicted octanol–water partition coefficient (Wildman–Crippen LogP) is 2.14. The summed E-state index contributed by atoms with van der Waals surface area (Å²) in [5.41, 5.74) is 4.13. The van der Waals surface area contributed by atoms with Crippen molar-refractivity contribution in [2.45, 2.75) is 27.3 Å². The molecule has 110 valence electrons. The van der Waals surface area contributed by atoms with Gasteiger partial charge < -0.3 is 0 Å². The summed E-state index contributed by atoms with van der Waals surface area (Å²) in [6.07, 6.45) is 7.00. The molecule has 5 nitrogen and oxygen atoms in total. The maximum absolute atomic E-state index is 12.6. The minimum absolute atomic E-state index is 0.147. The Balaban J connectivity index is 2.37. The lowest BCUT2D eigenvalue weighted by Gasteiger charge is -2.09. The Labute approximate surface area is 128 Å². The molecule has 0 aliphatic carbocycles. The SMILES string of the molecule is C#CCn1nc(C)c2cnn(-c3ccc(C)cc3C)c2c1=O. The van der Waals surface area contributed by atoms with Gasteiger partial charge in [0.25, 0.3) is 5.56 Å². The van der Waals surface area contributed by atoms with E-state index in [0.29, 0.717) is 5.52 Å². The Hall–Kier alpha value is -2.87. The number of rotatable bonds is 2. The van der Waals surface area contributed by atoms with E-state index >= 15 is 0 Å². The fourth-order valence-corrected chi connectivity index (χ4v) is 2.64. The molecule has 3 rings (SSSR count). The van der Waals surface area contributed by atoms with Gasteiger partial charge in [-0.1, -0.05) is 23.6 Å². The van der Waals surface area contributed by atoms with Crippen LogP contribution in [0.4, 0.5) is 0 Å². The van der Waals surface area contributed by atoms with Gasteiger partial charge in [-0.2, -0.15) is 10.2 Å². The highest BCUT2D eigenvalue weighted by molar-refractivity contribution is 5.81. The number of hydrogen-bond acceptors (Lipinski definition) is 3. The topological polar surface area (TPSA) is 52.7 Å². The number of aromatic nitrogens is 4. The number of benzene rings is 1. The first-order chi connectivity index (χ1) is 10.5. The molecule has 2 heterocycles. The molecule has 22 heavy (non-hydrogen) atoms. The standard InChI is InChI=1S/C17H16N4O/c1-5-8-20-17(22)16-14(13(4)19-20)10-18-21(16)15-7-6-11(2)9-12(15)3/h1,6-7,9-10H,8H2,2-4H3. The molecule has 0 radical (unpaired) electrons. The summed E-state index contributed by atoms with van der Waals surface area (Å²) >= 11 is 0. The molecule has 2 aromatic heterocycles. The molecular formula is C17H16N4O.